The molecule has 6 heteroatoms. The molecule has 5 atom stereocenters. The Hall–Kier alpha value is -0.690. The first kappa shape index (κ1) is 14.9. The third-order valence-corrected chi connectivity index (χ3v) is 5.38. The summed E-state index contributed by atoms with van der Waals surface area (Å²) in [5, 5.41) is 0. The van der Waals surface area contributed by atoms with Gasteiger partial charge in [-0.3, -0.25) is 9.69 Å². The zero-order valence-corrected chi connectivity index (χ0v) is 12.9. The molecule has 0 aromatic carbocycles. The summed E-state index contributed by atoms with van der Waals surface area (Å²) in [6.45, 7) is 4.13. The van der Waals surface area contributed by atoms with Crippen LogP contribution in [0.25, 0.3) is 0 Å². The van der Waals surface area contributed by atoms with Gasteiger partial charge in [-0.25, -0.2) is 0 Å². The van der Waals surface area contributed by atoms with Crippen LogP contribution in [0.3, 0.4) is 0 Å². The highest BCUT2D eigenvalue weighted by molar-refractivity contribution is 5.72. The Bertz CT molecular complexity index is 405. The molecular weight excluding hydrogens is 286 g/mol. The number of rotatable bonds is 3. The first-order valence-electron chi connectivity index (χ1n) is 8.59. The summed E-state index contributed by atoms with van der Waals surface area (Å²) in [4.78, 5) is 14.1. The molecule has 0 aromatic heterocycles. The van der Waals surface area contributed by atoms with E-state index in [0.29, 0.717) is 6.42 Å². The average molecular weight is 311 g/mol. The molecule has 0 spiro atoms. The molecule has 0 amide bonds. The van der Waals surface area contributed by atoms with Gasteiger partial charge in [0.25, 0.3) is 0 Å². The molecular formula is C16H25NO5. The highest BCUT2D eigenvalue weighted by atomic mass is 16.7. The number of carbonyl (C=O) groups excluding carboxylic acids is 1. The van der Waals surface area contributed by atoms with E-state index in [4.69, 9.17) is 18.9 Å². The zero-order valence-electron chi connectivity index (χ0n) is 12.9. The SMILES string of the molecule is O=C1C[C@@H]2C(N3CCOCC3)[C@H](OC3CCCCO3)C[C@@H]2O1. The van der Waals surface area contributed by atoms with Crippen LogP contribution in [0.1, 0.15) is 32.1 Å². The normalized spacial score (nSPS) is 43.1. The molecule has 1 saturated carbocycles. The Kier molecular flexibility index (Phi) is 4.35. The maximum atomic E-state index is 11.7. The van der Waals surface area contributed by atoms with Crippen LogP contribution in [0.2, 0.25) is 0 Å². The summed E-state index contributed by atoms with van der Waals surface area (Å²) in [6.07, 6.45) is 4.63. The van der Waals surface area contributed by atoms with Gasteiger partial charge in [-0.1, -0.05) is 0 Å². The van der Waals surface area contributed by atoms with Gasteiger partial charge in [0.05, 0.1) is 25.7 Å². The van der Waals surface area contributed by atoms with E-state index in [9.17, 15) is 4.79 Å². The lowest BCUT2D eigenvalue weighted by atomic mass is 9.97. The molecule has 0 aromatic rings. The van der Waals surface area contributed by atoms with Crippen LogP contribution in [-0.2, 0) is 23.7 Å². The maximum Gasteiger partial charge on any atom is 0.306 e. The molecule has 4 aliphatic rings. The van der Waals surface area contributed by atoms with Crippen LogP contribution in [0, 0.1) is 5.92 Å². The second-order valence-electron chi connectivity index (χ2n) is 6.74. The van der Waals surface area contributed by atoms with Crippen molar-refractivity contribution in [3.63, 3.8) is 0 Å². The van der Waals surface area contributed by atoms with E-state index in [1.165, 1.54) is 6.42 Å². The van der Waals surface area contributed by atoms with Crippen molar-refractivity contribution in [2.24, 2.45) is 5.92 Å². The summed E-state index contributed by atoms with van der Waals surface area (Å²) in [5.41, 5.74) is 0. The summed E-state index contributed by atoms with van der Waals surface area (Å²) >= 11 is 0. The Morgan fingerprint density at radius 3 is 2.77 bits per heavy atom. The molecule has 22 heavy (non-hydrogen) atoms. The Labute approximate surface area is 131 Å². The molecule has 1 aliphatic carbocycles. The van der Waals surface area contributed by atoms with E-state index in [1.54, 1.807) is 0 Å². The zero-order chi connectivity index (χ0) is 14.9. The number of carbonyl (C=O) groups is 1. The highest BCUT2D eigenvalue weighted by Crippen LogP contribution is 2.42. The van der Waals surface area contributed by atoms with Gasteiger partial charge < -0.3 is 18.9 Å². The fraction of sp³-hybridized carbons (Fsp3) is 0.938. The highest BCUT2D eigenvalue weighted by Gasteiger charge is 2.53. The van der Waals surface area contributed by atoms with E-state index in [-0.39, 0.29) is 36.4 Å². The summed E-state index contributed by atoms with van der Waals surface area (Å²) in [5.74, 6) is 0.208. The molecule has 124 valence electrons. The first-order valence-corrected chi connectivity index (χ1v) is 8.59. The summed E-state index contributed by atoms with van der Waals surface area (Å²) in [7, 11) is 0. The van der Waals surface area contributed by atoms with Crippen LogP contribution in [-0.4, -0.2) is 68.3 Å². The van der Waals surface area contributed by atoms with Gasteiger partial charge in [0.2, 0.25) is 0 Å². The molecule has 3 aliphatic heterocycles. The lowest BCUT2D eigenvalue weighted by Gasteiger charge is -2.38. The molecule has 3 heterocycles. The maximum absolute atomic E-state index is 11.7. The molecule has 0 N–H and O–H groups in total. The van der Waals surface area contributed by atoms with Gasteiger partial charge in [0.1, 0.15) is 6.10 Å². The van der Waals surface area contributed by atoms with Crippen molar-refractivity contribution in [1.82, 2.24) is 4.90 Å². The van der Waals surface area contributed by atoms with Crippen LogP contribution in [0.4, 0.5) is 0 Å². The quantitative estimate of drug-likeness (QED) is 0.723. The Morgan fingerprint density at radius 2 is 2.00 bits per heavy atom. The minimum atomic E-state index is -0.0863. The lowest BCUT2D eigenvalue weighted by molar-refractivity contribution is -0.201. The van der Waals surface area contributed by atoms with Gasteiger partial charge in [-0.15, -0.1) is 0 Å². The first-order chi connectivity index (χ1) is 10.8. The number of nitrogens with zero attached hydrogens (tertiary/aromatic N) is 1. The monoisotopic (exact) mass is 311 g/mol. The van der Waals surface area contributed by atoms with E-state index in [2.05, 4.69) is 4.90 Å². The summed E-state index contributed by atoms with van der Waals surface area (Å²) in [6, 6.07) is 0.255. The summed E-state index contributed by atoms with van der Waals surface area (Å²) < 4.78 is 23.0. The number of fused-ring (bicyclic) bond motifs is 1. The fourth-order valence-corrected chi connectivity index (χ4v) is 4.37. The number of hydrogen-bond acceptors (Lipinski definition) is 6. The van der Waals surface area contributed by atoms with Gasteiger partial charge in [-0.2, -0.15) is 0 Å². The van der Waals surface area contributed by atoms with Crippen molar-refractivity contribution >= 4 is 5.97 Å². The number of ether oxygens (including phenoxy) is 4. The molecule has 4 fully saturated rings. The van der Waals surface area contributed by atoms with Gasteiger partial charge >= 0.3 is 5.97 Å². The van der Waals surface area contributed by atoms with Gasteiger partial charge in [0, 0.05) is 38.1 Å². The third kappa shape index (κ3) is 2.89. The van der Waals surface area contributed by atoms with Crippen LogP contribution < -0.4 is 0 Å². The van der Waals surface area contributed by atoms with E-state index < -0.39 is 0 Å². The average Bonchev–Trinajstić information content (AvgIpc) is 3.04. The standard InChI is InChI=1S/C16H25NO5/c18-14-9-11-12(21-14)10-13(22-15-3-1-2-6-20-15)16(11)17-4-7-19-8-5-17/h11-13,15-16H,1-10H2/t11-,12-,13+,15?,16?/m0/s1. The lowest BCUT2D eigenvalue weighted by Crippen LogP contribution is -2.51. The predicted octanol–water partition coefficient (Wildman–Crippen LogP) is 0.934. The van der Waals surface area contributed by atoms with Crippen molar-refractivity contribution in [3.8, 4) is 0 Å². The molecule has 0 bridgehead atoms. The number of hydrogen-bond donors (Lipinski definition) is 0. The molecule has 6 nitrogen and oxygen atoms in total. The van der Waals surface area contributed by atoms with Crippen molar-refractivity contribution in [3.05, 3.63) is 0 Å². The van der Waals surface area contributed by atoms with Crippen molar-refractivity contribution < 1.29 is 23.7 Å². The Balaban J connectivity index is 1.47. The Morgan fingerprint density at radius 1 is 1.14 bits per heavy atom. The minimum Gasteiger partial charge on any atom is -0.462 e. The second kappa shape index (κ2) is 6.43. The van der Waals surface area contributed by atoms with E-state index in [1.807, 2.05) is 0 Å². The molecule has 2 unspecified atom stereocenters. The fourth-order valence-electron chi connectivity index (χ4n) is 4.37. The number of esters is 1. The van der Waals surface area contributed by atoms with Crippen molar-refractivity contribution in [2.75, 3.05) is 32.9 Å². The molecule has 3 saturated heterocycles. The van der Waals surface area contributed by atoms with Gasteiger partial charge in [-0.05, 0) is 19.3 Å². The predicted molar refractivity (Wildman–Crippen MR) is 77.2 cm³/mol. The molecule has 4 rings (SSSR count). The van der Waals surface area contributed by atoms with Crippen LogP contribution in [0.15, 0.2) is 0 Å². The third-order valence-electron chi connectivity index (χ3n) is 5.38. The van der Waals surface area contributed by atoms with Crippen LogP contribution >= 0.6 is 0 Å². The second-order valence-corrected chi connectivity index (χ2v) is 6.74. The van der Waals surface area contributed by atoms with Crippen LogP contribution in [0.5, 0.6) is 0 Å². The van der Waals surface area contributed by atoms with E-state index >= 15 is 0 Å². The minimum absolute atomic E-state index is 0.0222. The number of morpholine rings is 1. The van der Waals surface area contributed by atoms with Gasteiger partial charge in [0.15, 0.2) is 6.29 Å². The molecule has 0 radical (unpaired) electrons. The van der Waals surface area contributed by atoms with Crippen molar-refractivity contribution in [2.45, 2.75) is 56.6 Å². The topological polar surface area (TPSA) is 57.2 Å². The van der Waals surface area contributed by atoms with Crippen molar-refractivity contribution in [1.29, 1.82) is 0 Å². The smallest absolute Gasteiger partial charge is 0.306 e. The largest absolute Gasteiger partial charge is 0.462 e. The van der Waals surface area contributed by atoms with E-state index in [0.717, 1.165) is 52.2 Å².